The largest absolute Gasteiger partial charge is 0.387 e. The molecule has 0 radical (unpaired) electrons. The average molecular weight is 189 g/mol. The molecule has 0 fully saturated rings. The van der Waals surface area contributed by atoms with Crippen LogP contribution < -0.4 is 0 Å². The van der Waals surface area contributed by atoms with Crippen LogP contribution in [-0.2, 0) is 0 Å². The number of aliphatic hydroxyl groups excluding tert-OH is 1. The summed E-state index contributed by atoms with van der Waals surface area (Å²) in [5.74, 6) is 2.56. The summed E-state index contributed by atoms with van der Waals surface area (Å²) in [5, 5.41) is 9.80. The van der Waals surface area contributed by atoms with Gasteiger partial charge < -0.3 is 5.11 Å². The van der Waals surface area contributed by atoms with E-state index in [-0.39, 0.29) is 0 Å². The van der Waals surface area contributed by atoms with E-state index in [0.29, 0.717) is 12.8 Å². The number of nitrogens with zero attached hydrogens (tertiary/aromatic N) is 1. The summed E-state index contributed by atoms with van der Waals surface area (Å²) in [4.78, 5) is 4.16. The fourth-order valence-corrected chi connectivity index (χ4v) is 1.38. The molecule has 1 aromatic heterocycles. The molecule has 2 nitrogen and oxygen atoms in total. The first-order chi connectivity index (χ1) is 6.75. The third-order valence-corrected chi connectivity index (χ3v) is 2.16. The van der Waals surface area contributed by atoms with Crippen LogP contribution in [0.25, 0.3) is 0 Å². The van der Waals surface area contributed by atoms with E-state index in [9.17, 15) is 5.11 Å². The highest BCUT2D eigenvalue weighted by Crippen LogP contribution is 2.19. The molecule has 0 aliphatic rings. The first-order valence-electron chi connectivity index (χ1n) is 4.78. The molecular weight excluding hydrogens is 174 g/mol. The van der Waals surface area contributed by atoms with Gasteiger partial charge in [0.05, 0.1) is 11.8 Å². The number of pyridine rings is 1. The van der Waals surface area contributed by atoms with Crippen LogP contribution in [0.3, 0.4) is 0 Å². The molecule has 74 valence electrons. The normalized spacial score (nSPS) is 12.1. The summed E-state index contributed by atoms with van der Waals surface area (Å²) < 4.78 is 0. The van der Waals surface area contributed by atoms with Crippen molar-refractivity contribution in [3.05, 3.63) is 29.6 Å². The molecule has 0 aliphatic heterocycles. The van der Waals surface area contributed by atoms with Crippen LogP contribution in [-0.4, -0.2) is 10.1 Å². The van der Waals surface area contributed by atoms with Gasteiger partial charge >= 0.3 is 0 Å². The molecule has 0 aromatic carbocycles. The van der Waals surface area contributed by atoms with Gasteiger partial charge in [-0.3, -0.25) is 4.98 Å². The standard InChI is InChI=1S/C12H15NO/c1-3-4-5-8-11(14)12-10(2)7-6-9-13-12/h1,6-7,9,11,14H,4-5,8H2,2H3. The van der Waals surface area contributed by atoms with Crippen molar-refractivity contribution in [1.82, 2.24) is 4.98 Å². The predicted octanol–water partition coefficient (Wildman–Crippen LogP) is 2.23. The fraction of sp³-hybridized carbons (Fsp3) is 0.417. The molecule has 14 heavy (non-hydrogen) atoms. The Labute approximate surface area is 85.0 Å². The topological polar surface area (TPSA) is 33.1 Å². The highest BCUT2D eigenvalue weighted by molar-refractivity contribution is 5.19. The van der Waals surface area contributed by atoms with Gasteiger partial charge in [-0.1, -0.05) is 6.07 Å². The Morgan fingerprint density at radius 3 is 3.07 bits per heavy atom. The summed E-state index contributed by atoms with van der Waals surface area (Å²) in [5.41, 5.74) is 1.80. The van der Waals surface area contributed by atoms with Crippen molar-refractivity contribution in [3.63, 3.8) is 0 Å². The van der Waals surface area contributed by atoms with Crippen molar-refractivity contribution in [2.75, 3.05) is 0 Å². The first kappa shape index (κ1) is 10.7. The average Bonchev–Trinajstić information content (AvgIpc) is 2.18. The van der Waals surface area contributed by atoms with Crippen molar-refractivity contribution in [2.24, 2.45) is 0 Å². The summed E-state index contributed by atoms with van der Waals surface area (Å²) in [6.07, 6.45) is 8.59. The highest BCUT2D eigenvalue weighted by atomic mass is 16.3. The molecule has 0 saturated heterocycles. The molecular formula is C12H15NO. The van der Waals surface area contributed by atoms with E-state index in [2.05, 4.69) is 10.9 Å². The fourth-order valence-electron chi connectivity index (χ4n) is 1.38. The zero-order chi connectivity index (χ0) is 10.4. The second-order valence-electron chi connectivity index (χ2n) is 3.32. The molecule has 1 heterocycles. The maximum absolute atomic E-state index is 9.80. The first-order valence-corrected chi connectivity index (χ1v) is 4.78. The van der Waals surface area contributed by atoms with Gasteiger partial charge in [0.15, 0.2) is 0 Å². The number of aryl methyl sites for hydroxylation is 1. The van der Waals surface area contributed by atoms with Crippen molar-refractivity contribution < 1.29 is 5.11 Å². The van der Waals surface area contributed by atoms with Crippen LogP contribution in [0.5, 0.6) is 0 Å². The summed E-state index contributed by atoms with van der Waals surface area (Å²) in [6, 6.07) is 3.82. The van der Waals surface area contributed by atoms with Gasteiger partial charge in [0, 0.05) is 12.6 Å². The SMILES string of the molecule is C#CCCCC(O)c1ncccc1C. The minimum absolute atomic E-state index is 0.482. The molecule has 0 amide bonds. The number of terminal acetylenes is 1. The lowest BCUT2D eigenvalue weighted by Gasteiger charge is -2.11. The van der Waals surface area contributed by atoms with Crippen LogP contribution >= 0.6 is 0 Å². The number of hydrogen-bond donors (Lipinski definition) is 1. The van der Waals surface area contributed by atoms with Crippen molar-refractivity contribution >= 4 is 0 Å². The number of rotatable bonds is 4. The van der Waals surface area contributed by atoms with Crippen LogP contribution in [0.4, 0.5) is 0 Å². The monoisotopic (exact) mass is 189 g/mol. The smallest absolute Gasteiger partial charge is 0.0962 e. The lowest BCUT2D eigenvalue weighted by Crippen LogP contribution is -2.02. The van der Waals surface area contributed by atoms with Gasteiger partial charge in [-0.2, -0.15) is 0 Å². The van der Waals surface area contributed by atoms with Crippen LogP contribution in [0.2, 0.25) is 0 Å². The summed E-state index contributed by atoms with van der Waals surface area (Å²) in [6.45, 7) is 1.95. The van der Waals surface area contributed by atoms with E-state index in [1.54, 1.807) is 6.20 Å². The Hall–Kier alpha value is -1.33. The minimum Gasteiger partial charge on any atom is -0.387 e. The quantitative estimate of drug-likeness (QED) is 0.582. The molecule has 1 aromatic rings. The van der Waals surface area contributed by atoms with E-state index in [1.165, 1.54) is 0 Å². The van der Waals surface area contributed by atoms with E-state index in [4.69, 9.17) is 6.42 Å². The zero-order valence-electron chi connectivity index (χ0n) is 8.40. The second kappa shape index (κ2) is 5.41. The molecule has 1 rings (SSSR count). The molecule has 0 saturated carbocycles. The Kier molecular flexibility index (Phi) is 4.15. The molecule has 1 atom stereocenters. The van der Waals surface area contributed by atoms with Gasteiger partial charge in [0.2, 0.25) is 0 Å². The molecule has 0 bridgehead atoms. The van der Waals surface area contributed by atoms with E-state index >= 15 is 0 Å². The molecule has 1 unspecified atom stereocenters. The molecule has 2 heteroatoms. The minimum atomic E-state index is -0.482. The maximum atomic E-state index is 9.80. The number of hydrogen-bond acceptors (Lipinski definition) is 2. The Morgan fingerprint density at radius 1 is 1.64 bits per heavy atom. The number of aromatic nitrogens is 1. The lowest BCUT2D eigenvalue weighted by molar-refractivity contribution is 0.159. The molecule has 0 spiro atoms. The zero-order valence-corrected chi connectivity index (χ0v) is 8.40. The van der Waals surface area contributed by atoms with Crippen molar-refractivity contribution in [3.8, 4) is 12.3 Å². The van der Waals surface area contributed by atoms with Gasteiger partial charge in [0.1, 0.15) is 0 Å². The van der Waals surface area contributed by atoms with E-state index < -0.39 is 6.10 Å². The summed E-state index contributed by atoms with van der Waals surface area (Å²) >= 11 is 0. The maximum Gasteiger partial charge on any atom is 0.0962 e. The predicted molar refractivity (Wildman–Crippen MR) is 56.6 cm³/mol. The van der Waals surface area contributed by atoms with Crippen molar-refractivity contribution in [2.45, 2.75) is 32.3 Å². The summed E-state index contributed by atoms with van der Waals surface area (Å²) in [7, 11) is 0. The van der Waals surface area contributed by atoms with Gasteiger partial charge in [0.25, 0.3) is 0 Å². The van der Waals surface area contributed by atoms with Crippen LogP contribution in [0, 0.1) is 19.3 Å². The van der Waals surface area contributed by atoms with E-state index in [0.717, 1.165) is 17.7 Å². The van der Waals surface area contributed by atoms with E-state index in [1.807, 2.05) is 19.1 Å². The number of aliphatic hydroxyl groups is 1. The molecule has 0 aliphatic carbocycles. The molecule has 1 N–H and O–H groups in total. The lowest BCUT2D eigenvalue weighted by atomic mass is 10.1. The van der Waals surface area contributed by atoms with Crippen LogP contribution in [0.1, 0.15) is 36.6 Å². The van der Waals surface area contributed by atoms with Crippen molar-refractivity contribution in [1.29, 1.82) is 0 Å². The highest BCUT2D eigenvalue weighted by Gasteiger charge is 2.10. The Balaban J connectivity index is 2.57. The van der Waals surface area contributed by atoms with Gasteiger partial charge in [-0.15, -0.1) is 12.3 Å². The third-order valence-electron chi connectivity index (χ3n) is 2.16. The Bertz CT molecular complexity index is 327. The van der Waals surface area contributed by atoms with Gasteiger partial charge in [-0.25, -0.2) is 0 Å². The third kappa shape index (κ3) is 2.86. The second-order valence-corrected chi connectivity index (χ2v) is 3.32. The van der Waals surface area contributed by atoms with Gasteiger partial charge in [-0.05, 0) is 31.4 Å². The Morgan fingerprint density at radius 2 is 2.43 bits per heavy atom. The number of unbranched alkanes of at least 4 members (excludes halogenated alkanes) is 1. The van der Waals surface area contributed by atoms with Crippen LogP contribution in [0.15, 0.2) is 18.3 Å².